The number of anilines is 2. The molecule has 35 heavy (non-hydrogen) atoms. The number of rotatable bonds is 8. The Labute approximate surface area is 202 Å². The highest BCUT2D eigenvalue weighted by molar-refractivity contribution is 6.02. The van der Waals surface area contributed by atoms with Gasteiger partial charge < -0.3 is 29.7 Å². The normalized spacial score (nSPS) is 10.5. The van der Waals surface area contributed by atoms with Gasteiger partial charge in [0.2, 0.25) is 0 Å². The first-order valence-electron chi connectivity index (χ1n) is 11.0. The lowest BCUT2D eigenvalue weighted by molar-refractivity contribution is -0.119. The number of nitriles is 1. The molecule has 0 saturated carbocycles. The van der Waals surface area contributed by atoms with E-state index in [-0.39, 0.29) is 17.3 Å². The minimum atomic E-state index is -0.778. The van der Waals surface area contributed by atoms with Gasteiger partial charge >= 0.3 is 12.0 Å². The standard InChI is InChI=1S/C25H27N5O5/c1-15(2)27-25(33)28-21-10-6-5-9-19(21)24(32)35-14-22(31)29-23-20(12-26)16(3)17(4)30(23)13-18-8-7-11-34-18/h5-11,15H,13-14H2,1-4H3,(H,29,31)(H2,27,28,33). The molecule has 0 atom stereocenters. The van der Waals surface area contributed by atoms with E-state index in [1.165, 1.54) is 6.07 Å². The van der Waals surface area contributed by atoms with Crippen molar-refractivity contribution in [2.24, 2.45) is 0 Å². The van der Waals surface area contributed by atoms with E-state index in [4.69, 9.17) is 9.15 Å². The Morgan fingerprint density at radius 1 is 1.11 bits per heavy atom. The summed E-state index contributed by atoms with van der Waals surface area (Å²) in [5, 5.41) is 17.6. The number of nitrogens with one attached hydrogen (secondary N) is 3. The van der Waals surface area contributed by atoms with Crippen LogP contribution in [-0.4, -0.2) is 35.1 Å². The lowest BCUT2D eigenvalue weighted by Gasteiger charge is -2.14. The average molecular weight is 478 g/mol. The third-order valence-electron chi connectivity index (χ3n) is 5.24. The molecule has 2 aromatic heterocycles. The molecule has 0 spiro atoms. The molecule has 0 unspecified atom stereocenters. The fourth-order valence-electron chi connectivity index (χ4n) is 3.45. The van der Waals surface area contributed by atoms with Crippen molar-refractivity contribution in [2.75, 3.05) is 17.2 Å². The lowest BCUT2D eigenvalue weighted by atomic mass is 10.2. The van der Waals surface area contributed by atoms with Gasteiger partial charge in [0.05, 0.1) is 29.6 Å². The Morgan fingerprint density at radius 2 is 1.86 bits per heavy atom. The molecule has 3 N–H and O–H groups in total. The summed E-state index contributed by atoms with van der Waals surface area (Å²) >= 11 is 0. The molecule has 0 aliphatic heterocycles. The Balaban J connectivity index is 1.71. The van der Waals surface area contributed by atoms with Crippen molar-refractivity contribution in [1.29, 1.82) is 5.26 Å². The van der Waals surface area contributed by atoms with Crippen LogP contribution >= 0.6 is 0 Å². The molecule has 3 rings (SSSR count). The highest BCUT2D eigenvalue weighted by atomic mass is 16.5. The number of carbonyl (C=O) groups is 3. The molecule has 10 nitrogen and oxygen atoms in total. The van der Waals surface area contributed by atoms with E-state index in [0.29, 0.717) is 23.7 Å². The molecule has 0 fully saturated rings. The fourth-order valence-corrected chi connectivity index (χ4v) is 3.45. The van der Waals surface area contributed by atoms with E-state index in [1.54, 1.807) is 48.1 Å². The van der Waals surface area contributed by atoms with Crippen molar-refractivity contribution in [3.05, 3.63) is 70.8 Å². The summed E-state index contributed by atoms with van der Waals surface area (Å²) in [5.74, 6) is -0.442. The number of furan rings is 1. The molecular weight excluding hydrogens is 450 g/mol. The SMILES string of the molecule is Cc1c(C#N)c(NC(=O)COC(=O)c2ccccc2NC(=O)NC(C)C)n(Cc2ccco2)c1C. The van der Waals surface area contributed by atoms with Gasteiger partial charge in [0.15, 0.2) is 6.61 Å². The first-order chi connectivity index (χ1) is 16.7. The number of esters is 1. The molecule has 1 aromatic carbocycles. The minimum Gasteiger partial charge on any atom is -0.467 e. The van der Waals surface area contributed by atoms with Crippen molar-refractivity contribution >= 4 is 29.4 Å². The van der Waals surface area contributed by atoms with Crippen LogP contribution in [-0.2, 0) is 16.1 Å². The van der Waals surface area contributed by atoms with Crippen molar-refractivity contribution in [3.63, 3.8) is 0 Å². The van der Waals surface area contributed by atoms with Gasteiger partial charge in [0.25, 0.3) is 5.91 Å². The minimum absolute atomic E-state index is 0.0879. The highest BCUT2D eigenvalue weighted by Gasteiger charge is 2.22. The number of nitrogens with zero attached hydrogens (tertiary/aromatic N) is 2. The summed E-state index contributed by atoms with van der Waals surface area (Å²) in [7, 11) is 0. The second kappa shape index (κ2) is 11.1. The molecule has 0 aliphatic rings. The Kier molecular flexibility index (Phi) is 7.94. The molecule has 3 amide bonds. The summed E-state index contributed by atoms with van der Waals surface area (Å²) < 4.78 is 12.4. The largest absolute Gasteiger partial charge is 0.467 e. The molecule has 10 heteroatoms. The van der Waals surface area contributed by atoms with E-state index >= 15 is 0 Å². The third-order valence-corrected chi connectivity index (χ3v) is 5.24. The molecule has 0 aliphatic carbocycles. The van der Waals surface area contributed by atoms with Crippen molar-refractivity contribution in [3.8, 4) is 6.07 Å². The molecule has 2 heterocycles. The average Bonchev–Trinajstić information content (AvgIpc) is 3.40. The van der Waals surface area contributed by atoms with Gasteiger partial charge in [0.1, 0.15) is 17.6 Å². The van der Waals surface area contributed by atoms with Crippen molar-refractivity contribution in [1.82, 2.24) is 9.88 Å². The summed E-state index contributed by atoms with van der Waals surface area (Å²) in [4.78, 5) is 37.3. The van der Waals surface area contributed by atoms with Crippen LogP contribution in [0, 0.1) is 25.2 Å². The van der Waals surface area contributed by atoms with Gasteiger partial charge in [-0.25, -0.2) is 9.59 Å². The van der Waals surface area contributed by atoms with Gasteiger partial charge in [-0.1, -0.05) is 12.1 Å². The van der Waals surface area contributed by atoms with Crippen molar-refractivity contribution in [2.45, 2.75) is 40.3 Å². The summed E-state index contributed by atoms with van der Waals surface area (Å²) in [6.45, 7) is 6.98. The zero-order valence-corrected chi connectivity index (χ0v) is 20.0. The monoisotopic (exact) mass is 477 g/mol. The van der Waals surface area contributed by atoms with E-state index in [2.05, 4.69) is 22.0 Å². The maximum atomic E-state index is 12.7. The smallest absolute Gasteiger partial charge is 0.340 e. The lowest BCUT2D eigenvalue weighted by Crippen LogP contribution is -2.34. The van der Waals surface area contributed by atoms with Gasteiger partial charge in [-0.05, 0) is 57.5 Å². The van der Waals surface area contributed by atoms with Crippen LogP contribution < -0.4 is 16.0 Å². The second-order valence-electron chi connectivity index (χ2n) is 8.13. The van der Waals surface area contributed by atoms with Gasteiger partial charge in [-0.3, -0.25) is 4.79 Å². The number of hydrogen-bond acceptors (Lipinski definition) is 6. The van der Waals surface area contributed by atoms with Crippen LogP contribution in [0.5, 0.6) is 0 Å². The number of aromatic nitrogens is 1. The quantitative estimate of drug-likeness (QED) is 0.420. The number of para-hydroxylation sites is 1. The number of urea groups is 1. The fraction of sp³-hybridized carbons (Fsp3) is 0.280. The van der Waals surface area contributed by atoms with Crippen molar-refractivity contribution < 1.29 is 23.5 Å². The predicted molar refractivity (Wildman–Crippen MR) is 129 cm³/mol. The van der Waals surface area contributed by atoms with E-state index < -0.39 is 24.5 Å². The predicted octanol–water partition coefficient (Wildman–Crippen LogP) is 3.94. The molecule has 0 bridgehead atoms. The second-order valence-corrected chi connectivity index (χ2v) is 8.13. The molecule has 0 radical (unpaired) electrons. The van der Waals surface area contributed by atoms with Crippen LogP contribution in [0.3, 0.4) is 0 Å². The maximum Gasteiger partial charge on any atom is 0.340 e. The van der Waals surface area contributed by atoms with Crippen LogP contribution in [0.1, 0.15) is 46.8 Å². The molecular formula is C25H27N5O5. The summed E-state index contributed by atoms with van der Waals surface area (Å²) in [6.07, 6.45) is 1.54. The number of carbonyl (C=O) groups excluding carboxylic acids is 3. The maximum absolute atomic E-state index is 12.7. The van der Waals surface area contributed by atoms with E-state index in [0.717, 1.165) is 11.3 Å². The Bertz CT molecular complexity index is 1270. The molecule has 3 aromatic rings. The first-order valence-corrected chi connectivity index (χ1v) is 11.0. The highest BCUT2D eigenvalue weighted by Crippen LogP contribution is 2.27. The van der Waals surface area contributed by atoms with Gasteiger partial charge in [-0.2, -0.15) is 5.26 Å². The van der Waals surface area contributed by atoms with Gasteiger partial charge in [-0.15, -0.1) is 0 Å². The molecule has 182 valence electrons. The zero-order valence-electron chi connectivity index (χ0n) is 20.0. The summed E-state index contributed by atoms with van der Waals surface area (Å²) in [5.41, 5.74) is 2.20. The van der Waals surface area contributed by atoms with Gasteiger partial charge in [0, 0.05) is 11.7 Å². The summed E-state index contributed by atoms with van der Waals surface area (Å²) in [6, 6.07) is 11.4. The number of ether oxygens (including phenoxy) is 1. The van der Waals surface area contributed by atoms with Crippen LogP contribution in [0.25, 0.3) is 0 Å². The number of benzene rings is 1. The first kappa shape index (κ1) is 25.1. The van der Waals surface area contributed by atoms with E-state index in [9.17, 15) is 19.6 Å². The zero-order chi connectivity index (χ0) is 25.5. The Hall–Kier alpha value is -4.52. The Morgan fingerprint density at radius 3 is 2.51 bits per heavy atom. The third kappa shape index (κ3) is 6.09. The topological polar surface area (TPSA) is 138 Å². The molecule has 0 saturated heterocycles. The van der Waals surface area contributed by atoms with Crippen LogP contribution in [0.4, 0.5) is 16.3 Å². The van der Waals surface area contributed by atoms with E-state index in [1.807, 2.05) is 20.8 Å². The number of amides is 3. The van der Waals surface area contributed by atoms with Crippen LogP contribution in [0.2, 0.25) is 0 Å². The number of hydrogen-bond donors (Lipinski definition) is 3. The van der Waals surface area contributed by atoms with Crippen LogP contribution in [0.15, 0.2) is 47.1 Å².